The molecule has 0 radical (unpaired) electrons. The fraction of sp³-hybridized carbons (Fsp3) is 0.167. The third kappa shape index (κ3) is 2.90. The molecule has 0 bridgehead atoms. The van der Waals surface area contributed by atoms with E-state index in [-0.39, 0.29) is 0 Å². The Hall–Kier alpha value is 0.740. The molecule has 12 heavy (non-hydrogen) atoms. The first-order chi connectivity index (χ1) is 5.52. The zero-order valence-corrected chi connectivity index (χ0v) is 11.3. The smallest absolute Gasteiger partial charge is 0.215 e. The molecular formula is C6H4Br3NOS. The fourth-order valence-corrected chi connectivity index (χ4v) is 2.66. The van der Waals surface area contributed by atoms with E-state index in [2.05, 4.69) is 52.8 Å². The number of alkyl halides is 3. The SMILES string of the molecule is O=S(c1ccccn1)C(Br)(Br)Br. The van der Waals surface area contributed by atoms with E-state index in [1.807, 2.05) is 0 Å². The summed E-state index contributed by atoms with van der Waals surface area (Å²) >= 11 is 9.52. The van der Waals surface area contributed by atoms with Crippen LogP contribution >= 0.6 is 47.8 Å². The second kappa shape index (κ2) is 4.30. The van der Waals surface area contributed by atoms with E-state index in [1.54, 1.807) is 24.4 Å². The molecule has 1 aromatic heterocycles. The number of rotatable bonds is 1. The van der Waals surface area contributed by atoms with E-state index in [0.717, 1.165) is 0 Å². The van der Waals surface area contributed by atoms with Gasteiger partial charge in [0.05, 0.1) is 0 Å². The van der Waals surface area contributed by atoms with Crippen molar-refractivity contribution in [3.63, 3.8) is 0 Å². The Bertz CT molecular complexity index is 285. The molecule has 0 aliphatic rings. The average molecular weight is 378 g/mol. The maximum Gasteiger partial charge on any atom is 0.215 e. The van der Waals surface area contributed by atoms with Crippen molar-refractivity contribution in [1.29, 1.82) is 0 Å². The molecule has 0 aromatic carbocycles. The number of hydrogen-bond donors (Lipinski definition) is 0. The second-order valence-electron chi connectivity index (χ2n) is 1.88. The van der Waals surface area contributed by atoms with Crippen molar-refractivity contribution in [3.8, 4) is 0 Å². The Kier molecular flexibility index (Phi) is 3.88. The Labute approximate surface area is 98.0 Å². The summed E-state index contributed by atoms with van der Waals surface area (Å²) in [4.78, 5) is 3.95. The first-order valence-corrected chi connectivity index (χ1v) is 6.44. The van der Waals surface area contributed by atoms with Crippen LogP contribution in [0.25, 0.3) is 0 Å². The minimum absolute atomic E-state index is 0.517. The highest BCUT2D eigenvalue weighted by atomic mass is 80.0. The summed E-state index contributed by atoms with van der Waals surface area (Å²) in [7, 11) is -1.26. The molecule has 1 rings (SSSR count). The molecule has 1 aromatic rings. The van der Waals surface area contributed by atoms with Gasteiger partial charge >= 0.3 is 0 Å². The summed E-state index contributed by atoms with van der Waals surface area (Å²) in [6.07, 6.45) is 1.60. The predicted octanol–water partition coefficient (Wildman–Crippen LogP) is 2.99. The van der Waals surface area contributed by atoms with Gasteiger partial charge in [-0.25, -0.2) is 9.19 Å². The molecule has 0 N–H and O–H groups in total. The molecule has 0 saturated carbocycles. The molecule has 0 aliphatic carbocycles. The van der Waals surface area contributed by atoms with Crippen LogP contribution in [0.5, 0.6) is 0 Å². The van der Waals surface area contributed by atoms with E-state index in [9.17, 15) is 4.21 Å². The largest absolute Gasteiger partial charge is 0.249 e. The van der Waals surface area contributed by atoms with E-state index < -0.39 is 12.3 Å². The summed E-state index contributed by atoms with van der Waals surface area (Å²) in [6, 6.07) is 5.27. The van der Waals surface area contributed by atoms with E-state index >= 15 is 0 Å². The number of halogens is 3. The van der Waals surface area contributed by atoms with Gasteiger partial charge < -0.3 is 0 Å². The van der Waals surface area contributed by atoms with Gasteiger partial charge in [0.15, 0.2) is 0 Å². The van der Waals surface area contributed by atoms with Crippen LogP contribution in [0.15, 0.2) is 29.4 Å². The minimum Gasteiger partial charge on any atom is -0.249 e. The van der Waals surface area contributed by atoms with E-state index in [1.165, 1.54) is 0 Å². The van der Waals surface area contributed by atoms with Crippen molar-refractivity contribution >= 4 is 58.6 Å². The van der Waals surface area contributed by atoms with Gasteiger partial charge in [-0.3, -0.25) is 0 Å². The van der Waals surface area contributed by atoms with Crippen molar-refractivity contribution in [3.05, 3.63) is 24.4 Å². The molecule has 0 fully saturated rings. The molecule has 0 saturated heterocycles. The first-order valence-electron chi connectivity index (χ1n) is 2.91. The first kappa shape index (κ1) is 10.8. The van der Waals surface area contributed by atoms with Gasteiger partial charge in [0.1, 0.15) is 15.8 Å². The van der Waals surface area contributed by atoms with Crippen LogP contribution in [0.1, 0.15) is 0 Å². The lowest BCUT2D eigenvalue weighted by Crippen LogP contribution is -2.10. The molecule has 1 unspecified atom stereocenters. The average Bonchev–Trinajstić information content (AvgIpc) is 2.03. The molecule has 6 heteroatoms. The Balaban J connectivity index is 2.94. The normalized spacial score (nSPS) is 14.2. The molecule has 1 atom stereocenters. The maximum absolute atomic E-state index is 11.6. The Morgan fingerprint density at radius 3 is 2.42 bits per heavy atom. The summed E-state index contributed by atoms with van der Waals surface area (Å²) in [5.74, 6) is 0. The number of pyridine rings is 1. The van der Waals surface area contributed by atoms with Crippen LogP contribution in [0.4, 0.5) is 0 Å². The van der Waals surface area contributed by atoms with Crippen molar-refractivity contribution in [2.75, 3.05) is 0 Å². The predicted molar refractivity (Wildman–Crippen MR) is 60.2 cm³/mol. The summed E-state index contributed by atoms with van der Waals surface area (Å²) in [6.45, 7) is 0. The molecular weight excluding hydrogens is 374 g/mol. The van der Waals surface area contributed by atoms with Gasteiger partial charge in [-0.1, -0.05) is 6.07 Å². The summed E-state index contributed by atoms with van der Waals surface area (Å²) < 4.78 is 10.8. The summed E-state index contributed by atoms with van der Waals surface area (Å²) in [5, 5.41) is 0.517. The molecule has 66 valence electrons. The van der Waals surface area contributed by atoms with Crippen LogP contribution in [-0.2, 0) is 10.8 Å². The third-order valence-electron chi connectivity index (χ3n) is 1.04. The number of hydrogen-bond acceptors (Lipinski definition) is 2. The van der Waals surface area contributed by atoms with Crippen LogP contribution < -0.4 is 0 Å². The standard InChI is InChI=1S/C6H4Br3NOS/c7-6(8,9)12(11)5-3-1-2-4-10-5/h1-4H. The van der Waals surface area contributed by atoms with Gasteiger partial charge in [-0.05, 0) is 59.9 Å². The third-order valence-corrected chi connectivity index (χ3v) is 4.73. The lowest BCUT2D eigenvalue weighted by molar-refractivity contribution is 0.682. The second-order valence-corrected chi connectivity index (χ2v) is 11.8. The highest BCUT2D eigenvalue weighted by Gasteiger charge is 2.28. The number of nitrogens with zero attached hydrogens (tertiary/aromatic N) is 1. The van der Waals surface area contributed by atoms with Crippen LogP contribution in [0.2, 0.25) is 0 Å². The zero-order valence-electron chi connectivity index (χ0n) is 5.71. The fourth-order valence-electron chi connectivity index (χ4n) is 0.575. The zero-order chi connectivity index (χ0) is 9.19. The maximum atomic E-state index is 11.6. The van der Waals surface area contributed by atoms with Gasteiger partial charge in [0.25, 0.3) is 0 Å². The van der Waals surface area contributed by atoms with Crippen molar-refractivity contribution in [1.82, 2.24) is 4.98 Å². The van der Waals surface area contributed by atoms with Gasteiger partial charge in [0.2, 0.25) is 1.47 Å². The quantitative estimate of drug-likeness (QED) is 0.704. The van der Waals surface area contributed by atoms with Crippen LogP contribution in [-0.4, -0.2) is 10.7 Å². The Morgan fingerprint density at radius 1 is 1.33 bits per heavy atom. The van der Waals surface area contributed by atoms with Gasteiger partial charge in [-0.2, -0.15) is 0 Å². The highest BCUT2D eigenvalue weighted by molar-refractivity contribution is 9.42. The van der Waals surface area contributed by atoms with Crippen molar-refractivity contribution < 1.29 is 4.21 Å². The van der Waals surface area contributed by atoms with Gasteiger partial charge in [0, 0.05) is 6.20 Å². The van der Waals surface area contributed by atoms with E-state index in [4.69, 9.17) is 0 Å². The van der Waals surface area contributed by atoms with Crippen LogP contribution in [0.3, 0.4) is 0 Å². The minimum atomic E-state index is -1.26. The molecule has 1 heterocycles. The van der Waals surface area contributed by atoms with Crippen molar-refractivity contribution in [2.24, 2.45) is 0 Å². The highest BCUT2D eigenvalue weighted by Crippen LogP contribution is 2.39. The van der Waals surface area contributed by atoms with Gasteiger partial charge in [-0.15, -0.1) is 0 Å². The molecule has 2 nitrogen and oxygen atoms in total. The molecule has 0 aliphatic heterocycles. The monoisotopic (exact) mass is 375 g/mol. The lowest BCUT2D eigenvalue weighted by atomic mass is 10.5. The van der Waals surface area contributed by atoms with Crippen molar-refractivity contribution in [2.45, 2.75) is 6.50 Å². The molecule has 0 amide bonds. The summed E-state index contributed by atoms with van der Waals surface area (Å²) in [5.41, 5.74) is 0. The molecule has 0 spiro atoms. The topological polar surface area (TPSA) is 30.0 Å². The number of aromatic nitrogens is 1. The lowest BCUT2D eigenvalue weighted by Gasteiger charge is -2.09. The van der Waals surface area contributed by atoms with E-state index in [0.29, 0.717) is 5.03 Å². The van der Waals surface area contributed by atoms with Crippen LogP contribution in [0, 0.1) is 0 Å². The Morgan fingerprint density at radius 2 is 2.00 bits per heavy atom.